The first-order valence-electron chi connectivity index (χ1n) is 7.75. The van der Waals surface area contributed by atoms with E-state index < -0.39 is 15.8 Å². The average Bonchev–Trinajstić information content (AvgIpc) is 3.04. The van der Waals surface area contributed by atoms with Crippen LogP contribution in [0.4, 0.5) is 10.2 Å². The molecule has 8 heteroatoms. The van der Waals surface area contributed by atoms with E-state index >= 15 is 0 Å². The van der Waals surface area contributed by atoms with Crippen LogP contribution in [0.2, 0.25) is 0 Å². The van der Waals surface area contributed by atoms with Gasteiger partial charge in [0.05, 0.1) is 12.0 Å². The predicted molar refractivity (Wildman–Crippen MR) is 89.2 cm³/mol. The fourth-order valence-corrected chi connectivity index (χ4v) is 4.20. The number of nitrogens with zero attached hydrogens (tertiary/aromatic N) is 2. The molecule has 0 unspecified atom stereocenters. The summed E-state index contributed by atoms with van der Waals surface area (Å²) < 4.78 is 44.4. The molecule has 0 radical (unpaired) electrons. The zero-order valence-electron chi connectivity index (χ0n) is 13.6. The maximum absolute atomic E-state index is 13.0. The SMILES string of the molecule is COC(=O)CCc1cnc2c(c1)CCN2S(=O)(=O)c1ccc(F)cc1. The number of halogens is 1. The second-order valence-electron chi connectivity index (χ2n) is 5.68. The molecule has 0 bridgehead atoms. The van der Waals surface area contributed by atoms with Crippen molar-refractivity contribution in [1.82, 2.24) is 4.98 Å². The molecule has 0 amide bonds. The van der Waals surface area contributed by atoms with E-state index in [2.05, 4.69) is 9.72 Å². The molecule has 0 saturated heterocycles. The molecule has 6 nitrogen and oxygen atoms in total. The quantitative estimate of drug-likeness (QED) is 0.759. The predicted octanol–water partition coefficient (Wildman–Crippen LogP) is 2.08. The molecule has 1 aromatic carbocycles. The Kier molecular flexibility index (Phi) is 4.71. The highest BCUT2D eigenvalue weighted by Gasteiger charge is 2.32. The molecule has 1 aliphatic heterocycles. The Morgan fingerprint density at radius 3 is 2.72 bits per heavy atom. The number of benzene rings is 1. The Balaban J connectivity index is 1.84. The summed E-state index contributed by atoms with van der Waals surface area (Å²) in [6.07, 6.45) is 2.83. The zero-order chi connectivity index (χ0) is 18.0. The van der Waals surface area contributed by atoms with E-state index in [-0.39, 0.29) is 23.8 Å². The summed E-state index contributed by atoms with van der Waals surface area (Å²) in [6.45, 7) is 0.280. The maximum atomic E-state index is 13.0. The van der Waals surface area contributed by atoms with Crippen LogP contribution in [0.3, 0.4) is 0 Å². The molecule has 25 heavy (non-hydrogen) atoms. The van der Waals surface area contributed by atoms with Gasteiger partial charge in [-0.25, -0.2) is 22.1 Å². The molecule has 0 atom stereocenters. The Bertz CT molecular complexity index is 897. The first-order chi connectivity index (χ1) is 11.9. The summed E-state index contributed by atoms with van der Waals surface area (Å²) in [4.78, 5) is 15.5. The van der Waals surface area contributed by atoms with Gasteiger partial charge in [-0.1, -0.05) is 6.07 Å². The summed E-state index contributed by atoms with van der Waals surface area (Å²) in [6, 6.07) is 6.59. The molecule has 0 N–H and O–H groups in total. The number of pyridine rings is 1. The Morgan fingerprint density at radius 1 is 1.32 bits per heavy atom. The van der Waals surface area contributed by atoms with E-state index in [4.69, 9.17) is 0 Å². The molecule has 1 aromatic heterocycles. The fourth-order valence-electron chi connectivity index (χ4n) is 2.74. The minimum absolute atomic E-state index is 0.0262. The van der Waals surface area contributed by atoms with Crippen molar-refractivity contribution in [2.24, 2.45) is 0 Å². The van der Waals surface area contributed by atoms with E-state index in [0.29, 0.717) is 18.7 Å². The summed E-state index contributed by atoms with van der Waals surface area (Å²) >= 11 is 0. The highest BCUT2D eigenvalue weighted by atomic mass is 32.2. The number of ether oxygens (including phenoxy) is 1. The van der Waals surface area contributed by atoms with Gasteiger partial charge in [-0.2, -0.15) is 0 Å². The van der Waals surface area contributed by atoms with Gasteiger partial charge in [0.1, 0.15) is 11.6 Å². The van der Waals surface area contributed by atoms with Gasteiger partial charge in [0.15, 0.2) is 0 Å². The fraction of sp³-hybridized carbons (Fsp3) is 0.294. The monoisotopic (exact) mass is 364 g/mol. The van der Waals surface area contributed by atoms with Gasteiger partial charge >= 0.3 is 5.97 Å². The van der Waals surface area contributed by atoms with Gasteiger partial charge in [0.25, 0.3) is 10.0 Å². The van der Waals surface area contributed by atoms with Crippen molar-refractivity contribution in [3.05, 3.63) is 53.5 Å². The first-order valence-corrected chi connectivity index (χ1v) is 9.19. The van der Waals surface area contributed by atoms with Crippen LogP contribution in [0.5, 0.6) is 0 Å². The zero-order valence-corrected chi connectivity index (χ0v) is 14.4. The molecule has 3 rings (SSSR count). The van der Waals surface area contributed by atoms with Crippen LogP contribution in [0.1, 0.15) is 17.5 Å². The number of hydrogen-bond donors (Lipinski definition) is 0. The smallest absolute Gasteiger partial charge is 0.305 e. The number of anilines is 1. The van der Waals surface area contributed by atoms with E-state index in [1.807, 2.05) is 6.07 Å². The number of aromatic nitrogens is 1. The molecule has 2 heterocycles. The molecular weight excluding hydrogens is 347 g/mol. The van der Waals surface area contributed by atoms with E-state index in [1.54, 1.807) is 6.20 Å². The summed E-state index contributed by atoms with van der Waals surface area (Å²) in [7, 11) is -2.45. The highest BCUT2D eigenvalue weighted by Crippen LogP contribution is 2.31. The van der Waals surface area contributed by atoms with Gasteiger partial charge < -0.3 is 4.74 Å². The first kappa shape index (κ1) is 17.3. The lowest BCUT2D eigenvalue weighted by Crippen LogP contribution is -2.29. The van der Waals surface area contributed by atoms with Crippen molar-refractivity contribution in [1.29, 1.82) is 0 Å². The lowest BCUT2D eigenvalue weighted by molar-refractivity contribution is -0.140. The molecule has 0 spiro atoms. The number of carbonyl (C=O) groups excluding carboxylic acids is 1. The summed E-state index contributed by atoms with van der Waals surface area (Å²) in [5, 5.41) is 0. The normalized spacial score (nSPS) is 13.6. The summed E-state index contributed by atoms with van der Waals surface area (Å²) in [5.41, 5.74) is 1.67. The lowest BCUT2D eigenvalue weighted by atomic mass is 10.1. The number of carbonyl (C=O) groups is 1. The minimum atomic E-state index is -3.78. The third-order valence-corrected chi connectivity index (χ3v) is 5.87. The van der Waals surface area contributed by atoms with Gasteiger partial charge in [-0.3, -0.25) is 4.79 Å². The van der Waals surface area contributed by atoms with Gasteiger partial charge in [-0.15, -0.1) is 0 Å². The second-order valence-corrected chi connectivity index (χ2v) is 7.55. The topological polar surface area (TPSA) is 76.6 Å². The van der Waals surface area contributed by atoms with Crippen LogP contribution in [-0.2, 0) is 32.4 Å². The van der Waals surface area contributed by atoms with Crippen LogP contribution in [0.25, 0.3) is 0 Å². The number of fused-ring (bicyclic) bond motifs is 1. The highest BCUT2D eigenvalue weighted by molar-refractivity contribution is 7.92. The van der Waals surface area contributed by atoms with Crippen LogP contribution in [0.15, 0.2) is 41.4 Å². The maximum Gasteiger partial charge on any atom is 0.305 e. The minimum Gasteiger partial charge on any atom is -0.469 e. The molecular formula is C17H17FN2O4S. The molecule has 0 fully saturated rings. The van der Waals surface area contributed by atoms with Crippen LogP contribution in [0, 0.1) is 5.82 Å². The Morgan fingerprint density at radius 2 is 2.04 bits per heavy atom. The molecule has 2 aromatic rings. The largest absolute Gasteiger partial charge is 0.469 e. The van der Waals surface area contributed by atoms with Crippen molar-refractivity contribution in [2.75, 3.05) is 18.0 Å². The summed E-state index contributed by atoms with van der Waals surface area (Å²) in [5.74, 6) is -0.415. The van der Waals surface area contributed by atoms with E-state index in [1.165, 1.54) is 23.5 Å². The average molecular weight is 364 g/mol. The Labute approximate surface area is 145 Å². The van der Waals surface area contributed by atoms with E-state index in [9.17, 15) is 17.6 Å². The lowest BCUT2D eigenvalue weighted by Gasteiger charge is -2.18. The van der Waals surface area contributed by atoms with Gasteiger partial charge in [0.2, 0.25) is 0 Å². The van der Waals surface area contributed by atoms with Crippen molar-refractivity contribution < 1.29 is 22.3 Å². The van der Waals surface area contributed by atoms with E-state index in [0.717, 1.165) is 23.3 Å². The molecule has 0 saturated carbocycles. The molecule has 0 aliphatic carbocycles. The van der Waals surface area contributed by atoms with Crippen molar-refractivity contribution in [3.8, 4) is 0 Å². The van der Waals surface area contributed by atoms with Gasteiger partial charge in [-0.05, 0) is 48.2 Å². The van der Waals surface area contributed by atoms with Crippen LogP contribution in [-0.4, -0.2) is 33.0 Å². The number of sulfonamides is 1. The standard InChI is InChI=1S/C17H17FN2O4S/c1-24-16(21)7-2-12-10-13-8-9-20(17(13)19-11-12)25(22,23)15-5-3-14(18)4-6-15/h3-6,10-11H,2,7-9H2,1H3. The molecule has 1 aliphatic rings. The van der Waals surface area contributed by atoms with Crippen molar-refractivity contribution in [2.45, 2.75) is 24.2 Å². The number of hydrogen-bond acceptors (Lipinski definition) is 5. The number of rotatable bonds is 5. The van der Waals surface area contributed by atoms with Gasteiger partial charge in [0, 0.05) is 19.2 Å². The third-order valence-electron chi connectivity index (χ3n) is 4.07. The number of esters is 1. The number of aryl methyl sites for hydroxylation is 1. The van der Waals surface area contributed by atoms with Crippen LogP contribution >= 0.6 is 0 Å². The number of methoxy groups -OCH3 is 1. The van der Waals surface area contributed by atoms with Crippen molar-refractivity contribution >= 4 is 21.8 Å². The van der Waals surface area contributed by atoms with Crippen LogP contribution < -0.4 is 4.31 Å². The third kappa shape index (κ3) is 3.48. The van der Waals surface area contributed by atoms with Crippen molar-refractivity contribution in [3.63, 3.8) is 0 Å². The second kappa shape index (κ2) is 6.79. The molecule has 132 valence electrons. The Hall–Kier alpha value is -2.48.